The van der Waals surface area contributed by atoms with E-state index in [2.05, 4.69) is 10.6 Å². The number of aliphatic hydroxyl groups is 1. The number of aliphatic hydroxyl groups excluding tert-OH is 1. The molecule has 1 aromatic carbocycles. The molecule has 0 saturated carbocycles. The molecule has 21 heavy (non-hydrogen) atoms. The van der Waals surface area contributed by atoms with Crippen molar-refractivity contribution in [2.75, 3.05) is 11.9 Å². The van der Waals surface area contributed by atoms with Crippen molar-refractivity contribution in [2.45, 2.75) is 45.1 Å². The predicted octanol–water partition coefficient (Wildman–Crippen LogP) is 2.49. The molecule has 0 radical (unpaired) electrons. The van der Waals surface area contributed by atoms with E-state index >= 15 is 0 Å². The van der Waals surface area contributed by atoms with Crippen LogP contribution in [0, 0.1) is 0 Å². The molecule has 0 heterocycles. The van der Waals surface area contributed by atoms with E-state index in [1.165, 1.54) is 0 Å². The number of carbonyl (C=O) groups excluding carboxylic acids is 2. The third-order valence-corrected chi connectivity index (χ3v) is 3.64. The van der Waals surface area contributed by atoms with Gasteiger partial charge in [-0.25, -0.2) is 4.79 Å². The largest absolute Gasteiger partial charge is 0.391 e. The minimum atomic E-state index is -0.522. The number of carbonyl (C=O) groups is 2. The summed E-state index contributed by atoms with van der Waals surface area (Å²) in [4.78, 5) is 23.6. The van der Waals surface area contributed by atoms with Gasteiger partial charge < -0.3 is 15.7 Å². The zero-order valence-corrected chi connectivity index (χ0v) is 12.3. The molecule has 0 aliphatic heterocycles. The molecule has 114 valence electrons. The van der Waals surface area contributed by atoms with Crippen LogP contribution in [0.5, 0.6) is 0 Å². The number of amides is 2. The lowest BCUT2D eigenvalue weighted by Gasteiger charge is -2.16. The predicted molar refractivity (Wildman–Crippen MR) is 81.6 cm³/mol. The molecule has 0 spiro atoms. The Morgan fingerprint density at radius 3 is 2.95 bits per heavy atom. The highest BCUT2D eigenvalue weighted by atomic mass is 16.3. The summed E-state index contributed by atoms with van der Waals surface area (Å²) in [5.74, 6) is 0.138. The van der Waals surface area contributed by atoms with E-state index in [1.54, 1.807) is 12.1 Å². The van der Waals surface area contributed by atoms with E-state index in [0.717, 1.165) is 24.8 Å². The lowest BCUT2D eigenvalue weighted by Crippen LogP contribution is -2.35. The Balaban J connectivity index is 1.92. The second kappa shape index (κ2) is 7.22. The maximum absolute atomic E-state index is 11.8. The zero-order chi connectivity index (χ0) is 15.2. The Labute approximate surface area is 124 Å². The Kier molecular flexibility index (Phi) is 5.33. The van der Waals surface area contributed by atoms with Crippen molar-refractivity contribution in [1.82, 2.24) is 5.32 Å². The molecule has 1 atom stereocenters. The van der Waals surface area contributed by atoms with Crippen LogP contribution in [0.25, 0.3) is 0 Å². The Bertz CT molecular complexity index is 528. The number of nitrogens with one attached hydrogen (secondary N) is 2. The lowest BCUT2D eigenvalue weighted by molar-refractivity contribution is 0.0972. The van der Waals surface area contributed by atoms with Gasteiger partial charge >= 0.3 is 6.03 Å². The highest BCUT2D eigenvalue weighted by Crippen LogP contribution is 2.24. The molecule has 5 heteroatoms. The summed E-state index contributed by atoms with van der Waals surface area (Å²) in [5.41, 5.74) is 2.37. The van der Waals surface area contributed by atoms with Crippen molar-refractivity contribution in [2.24, 2.45) is 0 Å². The standard InChI is InChI=1S/C16H22N2O3/c1-2-4-13(19)10-17-16(21)18-12-8-7-11-5-3-6-15(20)14(11)9-12/h7-9,13,19H,2-6,10H2,1H3,(H2,17,18,21). The van der Waals surface area contributed by atoms with Crippen molar-refractivity contribution in [1.29, 1.82) is 0 Å². The molecule has 5 nitrogen and oxygen atoms in total. The summed E-state index contributed by atoms with van der Waals surface area (Å²) in [6, 6.07) is 5.07. The van der Waals surface area contributed by atoms with Gasteiger partial charge in [-0.05, 0) is 37.0 Å². The first kappa shape index (κ1) is 15.5. The molecule has 3 N–H and O–H groups in total. The lowest BCUT2D eigenvalue weighted by atomic mass is 9.90. The fourth-order valence-corrected chi connectivity index (χ4v) is 2.53. The summed E-state index contributed by atoms with van der Waals surface area (Å²) in [5, 5.41) is 14.9. The molecule has 2 rings (SSSR count). The molecule has 1 aliphatic carbocycles. The van der Waals surface area contributed by atoms with Gasteiger partial charge in [0.05, 0.1) is 6.10 Å². The second-order valence-corrected chi connectivity index (χ2v) is 5.43. The maximum atomic E-state index is 11.8. The molecule has 0 fully saturated rings. The van der Waals surface area contributed by atoms with Crippen molar-refractivity contribution in [3.05, 3.63) is 29.3 Å². The van der Waals surface area contributed by atoms with E-state index in [-0.39, 0.29) is 18.4 Å². The van der Waals surface area contributed by atoms with Crippen molar-refractivity contribution >= 4 is 17.5 Å². The number of hydrogen-bond acceptors (Lipinski definition) is 3. The molecular formula is C16H22N2O3. The quantitative estimate of drug-likeness (QED) is 0.779. The number of urea groups is 1. The SMILES string of the molecule is CCCC(O)CNC(=O)Nc1ccc2c(c1)C(=O)CCC2. The summed E-state index contributed by atoms with van der Waals surface area (Å²) < 4.78 is 0. The van der Waals surface area contributed by atoms with Crippen LogP contribution >= 0.6 is 0 Å². The number of aryl methyl sites for hydroxylation is 1. The van der Waals surface area contributed by atoms with Crippen LogP contribution in [0.1, 0.15) is 48.5 Å². The topological polar surface area (TPSA) is 78.4 Å². The van der Waals surface area contributed by atoms with Gasteiger partial charge in [-0.2, -0.15) is 0 Å². The van der Waals surface area contributed by atoms with Gasteiger partial charge in [0.1, 0.15) is 0 Å². The third-order valence-electron chi connectivity index (χ3n) is 3.64. The molecule has 1 aliphatic rings. The molecule has 0 saturated heterocycles. The van der Waals surface area contributed by atoms with Gasteiger partial charge in [0, 0.05) is 24.2 Å². The average molecular weight is 290 g/mol. The summed E-state index contributed by atoms with van der Waals surface area (Å²) in [7, 11) is 0. The van der Waals surface area contributed by atoms with Crippen molar-refractivity contribution in [3.8, 4) is 0 Å². The van der Waals surface area contributed by atoms with Crippen LogP contribution in [0.4, 0.5) is 10.5 Å². The van der Waals surface area contributed by atoms with E-state index in [0.29, 0.717) is 24.1 Å². The van der Waals surface area contributed by atoms with E-state index < -0.39 is 6.10 Å². The summed E-state index contributed by atoms with van der Waals surface area (Å²) in [6.45, 7) is 2.21. The highest BCUT2D eigenvalue weighted by molar-refractivity contribution is 6.00. The highest BCUT2D eigenvalue weighted by Gasteiger charge is 2.17. The van der Waals surface area contributed by atoms with Gasteiger partial charge in [0.25, 0.3) is 0 Å². The van der Waals surface area contributed by atoms with Gasteiger partial charge in [-0.15, -0.1) is 0 Å². The molecule has 2 amide bonds. The van der Waals surface area contributed by atoms with Gasteiger partial charge in [-0.3, -0.25) is 4.79 Å². The molecule has 0 bridgehead atoms. The fourth-order valence-electron chi connectivity index (χ4n) is 2.53. The first-order chi connectivity index (χ1) is 10.1. The smallest absolute Gasteiger partial charge is 0.319 e. The minimum absolute atomic E-state index is 0.138. The normalized spacial score (nSPS) is 15.2. The summed E-state index contributed by atoms with van der Waals surface area (Å²) in [6.07, 6.45) is 3.40. The van der Waals surface area contributed by atoms with E-state index in [9.17, 15) is 14.7 Å². The monoisotopic (exact) mass is 290 g/mol. The third kappa shape index (κ3) is 4.29. The Morgan fingerprint density at radius 1 is 1.38 bits per heavy atom. The molecule has 0 aromatic heterocycles. The van der Waals surface area contributed by atoms with E-state index in [4.69, 9.17) is 0 Å². The fraction of sp³-hybridized carbons (Fsp3) is 0.500. The van der Waals surface area contributed by atoms with E-state index in [1.807, 2.05) is 13.0 Å². The second-order valence-electron chi connectivity index (χ2n) is 5.43. The van der Waals surface area contributed by atoms with Crippen LogP contribution in [-0.2, 0) is 6.42 Å². The first-order valence-corrected chi connectivity index (χ1v) is 7.49. The number of ketones is 1. The van der Waals surface area contributed by atoms with Crippen molar-refractivity contribution in [3.63, 3.8) is 0 Å². The van der Waals surface area contributed by atoms with Gasteiger partial charge in [0.2, 0.25) is 0 Å². The summed E-state index contributed by atoms with van der Waals surface area (Å²) >= 11 is 0. The molecule has 1 unspecified atom stereocenters. The maximum Gasteiger partial charge on any atom is 0.319 e. The van der Waals surface area contributed by atoms with Crippen LogP contribution in [0.3, 0.4) is 0 Å². The van der Waals surface area contributed by atoms with Crippen molar-refractivity contribution < 1.29 is 14.7 Å². The van der Waals surface area contributed by atoms with Gasteiger partial charge in [-0.1, -0.05) is 19.4 Å². The number of benzene rings is 1. The first-order valence-electron chi connectivity index (χ1n) is 7.49. The van der Waals surface area contributed by atoms with Crippen LogP contribution < -0.4 is 10.6 Å². The number of rotatable bonds is 5. The Morgan fingerprint density at radius 2 is 2.19 bits per heavy atom. The van der Waals surface area contributed by atoms with Gasteiger partial charge in [0.15, 0.2) is 5.78 Å². The van der Waals surface area contributed by atoms with Crippen LogP contribution in [-0.4, -0.2) is 29.6 Å². The molecular weight excluding hydrogens is 268 g/mol. The number of Topliss-reactive ketones (excluding diaryl/α,β-unsaturated/α-hetero) is 1. The average Bonchev–Trinajstić information content (AvgIpc) is 2.46. The van der Waals surface area contributed by atoms with Crippen LogP contribution in [0.15, 0.2) is 18.2 Å². The number of fused-ring (bicyclic) bond motifs is 1. The minimum Gasteiger partial charge on any atom is -0.391 e. The Hall–Kier alpha value is -1.88. The van der Waals surface area contributed by atoms with Crippen LogP contribution in [0.2, 0.25) is 0 Å². The number of anilines is 1. The zero-order valence-electron chi connectivity index (χ0n) is 12.3. The number of hydrogen-bond donors (Lipinski definition) is 3. The molecule has 1 aromatic rings.